The van der Waals surface area contributed by atoms with E-state index < -0.39 is 0 Å². The number of benzene rings is 2. The molecular formula is C24H27NO7. The van der Waals surface area contributed by atoms with Crippen molar-refractivity contribution in [3.05, 3.63) is 46.2 Å². The Morgan fingerprint density at radius 2 is 1.84 bits per heavy atom. The van der Waals surface area contributed by atoms with Crippen LogP contribution in [0.5, 0.6) is 28.7 Å². The molecule has 0 unspecified atom stereocenters. The fraction of sp³-hybridized carbons (Fsp3) is 0.375. The van der Waals surface area contributed by atoms with Gasteiger partial charge >= 0.3 is 0 Å². The molecule has 8 nitrogen and oxygen atoms in total. The summed E-state index contributed by atoms with van der Waals surface area (Å²) in [5, 5.41) is 0. The fourth-order valence-electron chi connectivity index (χ4n) is 4.04. The lowest BCUT2D eigenvalue weighted by Gasteiger charge is -2.30. The highest BCUT2D eigenvalue weighted by atomic mass is 16.5. The van der Waals surface area contributed by atoms with E-state index in [4.69, 9.17) is 28.4 Å². The van der Waals surface area contributed by atoms with Crippen LogP contribution < -0.4 is 23.7 Å². The minimum absolute atomic E-state index is 0.184. The van der Waals surface area contributed by atoms with Crippen LogP contribution in [0.3, 0.4) is 0 Å². The van der Waals surface area contributed by atoms with Gasteiger partial charge in [0, 0.05) is 36.9 Å². The Balaban J connectivity index is 1.69. The molecule has 0 saturated heterocycles. The number of rotatable bonds is 7. The molecule has 0 radical (unpaired) electrons. The summed E-state index contributed by atoms with van der Waals surface area (Å²) in [6, 6.07) is 5.42. The lowest BCUT2D eigenvalue weighted by atomic mass is 10.00. The van der Waals surface area contributed by atoms with Gasteiger partial charge in [0.2, 0.25) is 11.5 Å². The molecule has 4 rings (SSSR count). The maximum absolute atomic E-state index is 13.2. The van der Waals surface area contributed by atoms with E-state index in [1.54, 1.807) is 32.4 Å². The number of methoxy groups -OCH3 is 4. The minimum Gasteiger partial charge on any atom is -0.493 e. The fourth-order valence-corrected chi connectivity index (χ4v) is 4.04. The molecule has 0 aromatic heterocycles. The van der Waals surface area contributed by atoms with E-state index >= 15 is 0 Å². The Hall–Kier alpha value is -3.23. The smallest absolute Gasteiger partial charge is 0.231 e. The zero-order chi connectivity index (χ0) is 22.8. The van der Waals surface area contributed by atoms with Crippen LogP contribution in [0.2, 0.25) is 0 Å². The standard InChI is InChI=1S/C24H27NO7/c1-14-21-16(12-25(13-31-21)8-9-27-2)10-17-20(26)19(32-22(14)17)11-15-6-7-18(28-3)24(30-5)23(15)29-4/h6-7,10-11H,8-9,12-13H2,1-5H3/b19-11-. The highest BCUT2D eigenvalue weighted by Gasteiger charge is 2.34. The van der Waals surface area contributed by atoms with Crippen molar-refractivity contribution >= 4 is 11.9 Å². The summed E-state index contributed by atoms with van der Waals surface area (Å²) in [6.45, 7) is 4.43. The van der Waals surface area contributed by atoms with E-state index in [0.29, 0.717) is 54.0 Å². The number of hydrogen-bond donors (Lipinski definition) is 0. The van der Waals surface area contributed by atoms with Crippen molar-refractivity contribution in [1.82, 2.24) is 4.90 Å². The number of carbonyl (C=O) groups excluding carboxylic acids is 1. The third kappa shape index (κ3) is 3.76. The average Bonchev–Trinajstić information content (AvgIpc) is 3.12. The number of ether oxygens (including phenoxy) is 6. The highest BCUT2D eigenvalue weighted by molar-refractivity contribution is 6.15. The van der Waals surface area contributed by atoms with Gasteiger partial charge in [0.25, 0.3) is 0 Å². The van der Waals surface area contributed by atoms with Gasteiger partial charge in [-0.05, 0) is 31.2 Å². The number of Topliss-reactive ketones (excluding diaryl/α,β-unsaturated/α-hetero) is 1. The van der Waals surface area contributed by atoms with Crippen LogP contribution in [0.4, 0.5) is 0 Å². The molecule has 0 atom stereocenters. The Morgan fingerprint density at radius 3 is 2.53 bits per heavy atom. The van der Waals surface area contributed by atoms with E-state index in [0.717, 1.165) is 23.4 Å². The summed E-state index contributed by atoms with van der Waals surface area (Å²) < 4.78 is 33.5. The van der Waals surface area contributed by atoms with E-state index in [1.165, 1.54) is 14.2 Å². The Kier molecular flexibility index (Phi) is 6.25. The summed E-state index contributed by atoms with van der Waals surface area (Å²) in [6.07, 6.45) is 1.66. The first-order valence-corrected chi connectivity index (χ1v) is 10.3. The highest BCUT2D eigenvalue weighted by Crippen LogP contribution is 2.45. The lowest BCUT2D eigenvalue weighted by molar-refractivity contribution is 0.0649. The Morgan fingerprint density at radius 1 is 1.06 bits per heavy atom. The van der Waals surface area contributed by atoms with E-state index in [9.17, 15) is 4.79 Å². The molecule has 170 valence electrons. The molecule has 0 aliphatic carbocycles. The molecule has 0 amide bonds. The molecule has 0 fully saturated rings. The van der Waals surface area contributed by atoms with Gasteiger partial charge in [0.1, 0.15) is 18.2 Å². The van der Waals surface area contributed by atoms with Crippen molar-refractivity contribution in [3.8, 4) is 28.7 Å². The molecule has 0 saturated carbocycles. The zero-order valence-electron chi connectivity index (χ0n) is 18.9. The number of nitrogens with zero attached hydrogens (tertiary/aromatic N) is 1. The normalized spacial score (nSPS) is 16.3. The third-order valence-corrected chi connectivity index (χ3v) is 5.63. The van der Waals surface area contributed by atoms with Crippen molar-refractivity contribution in [2.75, 3.05) is 48.3 Å². The van der Waals surface area contributed by atoms with Crippen LogP contribution >= 0.6 is 0 Å². The molecule has 2 aromatic rings. The first-order valence-electron chi connectivity index (χ1n) is 10.3. The van der Waals surface area contributed by atoms with Crippen LogP contribution in [-0.4, -0.2) is 59.0 Å². The second kappa shape index (κ2) is 9.10. The van der Waals surface area contributed by atoms with E-state index in [1.807, 2.05) is 13.0 Å². The summed E-state index contributed by atoms with van der Waals surface area (Å²) in [7, 11) is 6.30. The molecule has 0 bridgehead atoms. The molecule has 2 aliphatic heterocycles. The van der Waals surface area contributed by atoms with Gasteiger partial charge in [-0.2, -0.15) is 0 Å². The van der Waals surface area contributed by atoms with Gasteiger partial charge in [0.05, 0.1) is 33.5 Å². The summed E-state index contributed by atoms with van der Waals surface area (Å²) in [4.78, 5) is 15.3. The predicted octanol–water partition coefficient (Wildman–Crippen LogP) is 3.44. The van der Waals surface area contributed by atoms with Crippen LogP contribution in [0.15, 0.2) is 24.0 Å². The summed E-state index contributed by atoms with van der Waals surface area (Å²) in [5.41, 5.74) is 2.96. The quantitative estimate of drug-likeness (QED) is 0.605. The van der Waals surface area contributed by atoms with Gasteiger partial charge in [-0.15, -0.1) is 0 Å². The Labute approximate surface area is 187 Å². The maximum Gasteiger partial charge on any atom is 0.231 e. The molecule has 2 aliphatic rings. The number of hydrogen-bond acceptors (Lipinski definition) is 8. The lowest BCUT2D eigenvalue weighted by Crippen LogP contribution is -2.34. The first kappa shape index (κ1) is 22.0. The predicted molar refractivity (Wildman–Crippen MR) is 118 cm³/mol. The van der Waals surface area contributed by atoms with Gasteiger partial charge in [-0.1, -0.05) is 0 Å². The molecule has 32 heavy (non-hydrogen) atoms. The molecule has 0 N–H and O–H groups in total. The average molecular weight is 441 g/mol. The van der Waals surface area contributed by atoms with Crippen LogP contribution in [-0.2, 0) is 11.3 Å². The van der Waals surface area contributed by atoms with Crippen LogP contribution in [0.1, 0.15) is 27.0 Å². The van der Waals surface area contributed by atoms with Crippen LogP contribution in [0.25, 0.3) is 6.08 Å². The monoisotopic (exact) mass is 441 g/mol. The number of fused-ring (bicyclic) bond motifs is 2. The zero-order valence-corrected chi connectivity index (χ0v) is 18.9. The largest absolute Gasteiger partial charge is 0.493 e. The topological polar surface area (TPSA) is 75.7 Å². The Bertz CT molecular complexity index is 1080. The summed E-state index contributed by atoms with van der Waals surface area (Å²) >= 11 is 0. The number of allylic oxidation sites excluding steroid dienone is 1. The van der Waals surface area contributed by atoms with Gasteiger partial charge in [0.15, 0.2) is 17.3 Å². The van der Waals surface area contributed by atoms with Crippen molar-refractivity contribution < 1.29 is 33.2 Å². The van der Waals surface area contributed by atoms with Gasteiger partial charge in [-0.25, -0.2) is 0 Å². The molecule has 8 heteroatoms. The molecule has 2 aromatic carbocycles. The van der Waals surface area contributed by atoms with Crippen LogP contribution in [0, 0.1) is 6.92 Å². The second-order valence-corrected chi connectivity index (χ2v) is 7.55. The minimum atomic E-state index is -0.184. The summed E-state index contributed by atoms with van der Waals surface area (Å²) in [5.74, 6) is 2.78. The van der Waals surface area contributed by atoms with E-state index in [2.05, 4.69) is 4.90 Å². The second-order valence-electron chi connectivity index (χ2n) is 7.55. The third-order valence-electron chi connectivity index (χ3n) is 5.63. The maximum atomic E-state index is 13.2. The van der Waals surface area contributed by atoms with Crippen molar-refractivity contribution in [2.45, 2.75) is 13.5 Å². The van der Waals surface area contributed by atoms with Crippen molar-refractivity contribution in [3.63, 3.8) is 0 Å². The van der Waals surface area contributed by atoms with Gasteiger partial charge < -0.3 is 28.4 Å². The van der Waals surface area contributed by atoms with Crippen molar-refractivity contribution in [2.24, 2.45) is 0 Å². The molecule has 2 heterocycles. The molecule has 0 spiro atoms. The van der Waals surface area contributed by atoms with Gasteiger partial charge in [-0.3, -0.25) is 9.69 Å². The number of ketones is 1. The SMILES string of the molecule is COCCN1COc2c(cc3c(c2C)O/C(=C\c2ccc(OC)c(OC)c2OC)C3=O)C1. The molecular weight excluding hydrogens is 414 g/mol. The van der Waals surface area contributed by atoms with Crippen molar-refractivity contribution in [1.29, 1.82) is 0 Å². The van der Waals surface area contributed by atoms with E-state index in [-0.39, 0.29) is 11.5 Å². The number of carbonyl (C=O) groups is 1. The first-order chi connectivity index (χ1) is 15.5.